The Balaban J connectivity index is 1.38. The minimum Gasteiger partial charge on any atom is -0.492 e. The summed E-state index contributed by atoms with van der Waals surface area (Å²) in [5.74, 6) is 0.838. The molecule has 1 saturated heterocycles. The molecule has 0 bridgehead atoms. The van der Waals surface area contributed by atoms with Gasteiger partial charge in [0.25, 0.3) is 0 Å². The molecule has 5 heteroatoms. The molecule has 1 heterocycles. The Labute approximate surface area is 155 Å². The summed E-state index contributed by atoms with van der Waals surface area (Å²) in [6.07, 6.45) is 2.53. The van der Waals surface area contributed by atoms with Gasteiger partial charge in [0.05, 0.1) is 6.54 Å². The molecule has 1 fully saturated rings. The predicted molar refractivity (Wildman–Crippen MR) is 106 cm³/mol. The maximum atomic E-state index is 12.2. The van der Waals surface area contributed by atoms with E-state index >= 15 is 0 Å². The lowest BCUT2D eigenvalue weighted by Crippen LogP contribution is -2.33. The highest BCUT2D eigenvalue weighted by Gasteiger charge is 2.12. The van der Waals surface area contributed by atoms with Gasteiger partial charge in [-0.15, -0.1) is 0 Å². The number of carbonyl (C=O) groups is 1. The van der Waals surface area contributed by atoms with Crippen LogP contribution in [0.1, 0.15) is 12.8 Å². The van der Waals surface area contributed by atoms with Crippen molar-refractivity contribution in [3.63, 3.8) is 0 Å². The number of hydrogen-bond acceptors (Lipinski definition) is 4. The first-order chi connectivity index (χ1) is 12.7. The molecule has 0 aromatic heterocycles. The van der Waals surface area contributed by atoms with E-state index in [2.05, 4.69) is 22.3 Å². The fourth-order valence-electron chi connectivity index (χ4n) is 3.09. The summed E-state index contributed by atoms with van der Waals surface area (Å²) < 4.78 is 5.66. The summed E-state index contributed by atoms with van der Waals surface area (Å²) in [5, 5.41) is 2.96. The lowest BCUT2D eigenvalue weighted by atomic mass is 10.2. The molecule has 5 nitrogen and oxygen atoms in total. The first-order valence-corrected chi connectivity index (χ1v) is 9.22. The third-order valence-corrected chi connectivity index (χ3v) is 4.52. The number of benzene rings is 2. The number of ether oxygens (including phenoxy) is 1. The summed E-state index contributed by atoms with van der Waals surface area (Å²) >= 11 is 0. The summed E-state index contributed by atoms with van der Waals surface area (Å²) in [5.41, 5.74) is 2.07. The monoisotopic (exact) mass is 353 g/mol. The minimum atomic E-state index is -0.0128. The van der Waals surface area contributed by atoms with Gasteiger partial charge in [-0.1, -0.05) is 18.2 Å². The third-order valence-electron chi connectivity index (χ3n) is 4.52. The Morgan fingerprint density at radius 3 is 2.46 bits per heavy atom. The van der Waals surface area contributed by atoms with Gasteiger partial charge in [0.1, 0.15) is 12.4 Å². The van der Waals surface area contributed by atoms with Gasteiger partial charge in [-0.2, -0.15) is 0 Å². The SMILES string of the molecule is CN(CCOc1ccccc1)CC(=O)Nc1ccc(N2CCCC2)cc1. The van der Waals surface area contributed by atoms with Crippen LogP contribution in [0.5, 0.6) is 5.75 Å². The lowest BCUT2D eigenvalue weighted by molar-refractivity contribution is -0.117. The summed E-state index contributed by atoms with van der Waals surface area (Å²) in [6, 6.07) is 17.8. The van der Waals surface area contributed by atoms with Crippen molar-refractivity contribution in [1.29, 1.82) is 0 Å². The van der Waals surface area contributed by atoms with E-state index < -0.39 is 0 Å². The van der Waals surface area contributed by atoms with Crippen LogP contribution in [-0.4, -0.2) is 50.6 Å². The highest BCUT2D eigenvalue weighted by molar-refractivity contribution is 5.92. The zero-order valence-corrected chi connectivity index (χ0v) is 15.4. The number of amides is 1. The second-order valence-electron chi connectivity index (χ2n) is 6.69. The van der Waals surface area contributed by atoms with Crippen LogP contribution in [0.15, 0.2) is 54.6 Å². The van der Waals surface area contributed by atoms with E-state index in [9.17, 15) is 4.79 Å². The smallest absolute Gasteiger partial charge is 0.238 e. The van der Waals surface area contributed by atoms with E-state index in [1.807, 2.05) is 54.4 Å². The molecule has 0 atom stereocenters. The molecule has 2 aromatic rings. The summed E-state index contributed by atoms with van der Waals surface area (Å²) in [4.78, 5) is 16.5. The van der Waals surface area contributed by atoms with E-state index in [1.54, 1.807) is 0 Å². The Hall–Kier alpha value is -2.53. The van der Waals surface area contributed by atoms with Crippen molar-refractivity contribution in [2.24, 2.45) is 0 Å². The topological polar surface area (TPSA) is 44.8 Å². The predicted octanol–water partition coefficient (Wildman–Crippen LogP) is 3.24. The van der Waals surface area contributed by atoms with Gasteiger partial charge in [0, 0.05) is 31.0 Å². The van der Waals surface area contributed by atoms with Crippen LogP contribution in [-0.2, 0) is 4.79 Å². The molecule has 1 aliphatic heterocycles. The largest absolute Gasteiger partial charge is 0.492 e. The Morgan fingerprint density at radius 2 is 1.77 bits per heavy atom. The van der Waals surface area contributed by atoms with Crippen molar-refractivity contribution in [1.82, 2.24) is 4.90 Å². The number of nitrogens with one attached hydrogen (secondary N) is 1. The second kappa shape index (κ2) is 9.25. The molecule has 138 valence electrons. The number of hydrogen-bond donors (Lipinski definition) is 1. The zero-order chi connectivity index (χ0) is 18.2. The normalized spacial score (nSPS) is 13.8. The van der Waals surface area contributed by atoms with E-state index in [-0.39, 0.29) is 5.91 Å². The van der Waals surface area contributed by atoms with Gasteiger partial charge >= 0.3 is 0 Å². The molecule has 2 aromatic carbocycles. The zero-order valence-electron chi connectivity index (χ0n) is 15.4. The van der Waals surface area contributed by atoms with Crippen molar-refractivity contribution in [3.05, 3.63) is 54.6 Å². The highest BCUT2D eigenvalue weighted by atomic mass is 16.5. The van der Waals surface area contributed by atoms with Crippen LogP contribution in [0.4, 0.5) is 11.4 Å². The number of rotatable bonds is 8. The van der Waals surface area contributed by atoms with E-state index in [4.69, 9.17) is 4.74 Å². The molecule has 0 aliphatic carbocycles. The average molecular weight is 353 g/mol. The van der Waals surface area contributed by atoms with Crippen molar-refractivity contribution in [3.8, 4) is 5.75 Å². The second-order valence-corrected chi connectivity index (χ2v) is 6.69. The fraction of sp³-hybridized carbons (Fsp3) is 0.381. The van der Waals surface area contributed by atoms with Gasteiger partial charge < -0.3 is 15.0 Å². The van der Waals surface area contributed by atoms with Crippen LogP contribution in [0.3, 0.4) is 0 Å². The number of nitrogens with zero attached hydrogens (tertiary/aromatic N) is 2. The molecule has 0 unspecified atom stereocenters. The summed E-state index contributed by atoms with van der Waals surface area (Å²) in [7, 11) is 1.92. The average Bonchev–Trinajstić information content (AvgIpc) is 3.18. The van der Waals surface area contributed by atoms with Crippen LogP contribution < -0.4 is 15.0 Å². The van der Waals surface area contributed by atoms with Crippen LogP contribution in [0.2, 0.25) is 0 Å². The maximum Gasteiger partial charge on any atom is 0.238 e. The number of para-hydroxylation sites is 1. The molecule has 26 heavy (non-hydrogen) atoms. The molecular formula is C21H27N3O2. The van der Waals surface area contributed by atoms with Gasteiger partial charge in [-0.05, 0) is 56.3 Å². The number of carbonyl (C=O) groups excluding carboxylic acids is 1. The minimum absolute atomic E-state index is 0.0128. The van der Waals surface area contributed by atoms with Crippen molar-refractivity contribution in [2.45, 2.75) is 12.8 Å². The first-order valence-electron chi connectivity index (χ1n) is 9.22. The van der Waals surface area contributed by atoms with E-state index in [0.717, 1.165) is 24.5 Å². The van der Waals surface area contributed by atoms with Crippen LogP contribution in [0.25, 0.3) is 0 Å². The van der Waals surface area contributed by atoms with Gasteiger partial charge in [-0.3, -0.25) is 9.69 Å². The van der Waals surface area contributed by atoms with Crippen LogP contribution in [0, 0.1) is 0 Å². The standard InChI is InChI=1S/C21H27N3O2/c1-23(15-16-26-20-7-3-2-4-8-20)17-21(25)22-18-9-11-19(12-10-18)24-13-5-6-14-24/h2-4,7-12H,5-6,13-17H2,1H3,(H,22,25). The summed E-state index contributed by atoms with van der Waals surface area (Å²) in [6.45, 7) is 3.84. The molecule has 3 rings (SSSR count). The molecule has 0 radical (unpaired) electrons. The highest BCUT2D eigenvalue weighted by Crippen LogP contribution is 2.22. The van der Waals surface area contributed by atoms with Gasteiger partial charge in [0.15, 0.2) is 0 Å². The number of anilines is 2. The molecule has 1 N–H and O–H groups in total. The van der Waals surface area contributed by atoms with Crippen molar-refractivity contribution >= 4 is 17.3 Å². The van der Waals surface area contributed by atoms with Crippen molar-refractivity contribution in [2.75, 3.05) is 50.1 Å². The quantitative estimate of drug-likeness (QED) is 0.791. The molecule has 0 spiro atoms. The van der Waals surface area contributed by atoms with Gasteiger partial charge in [0.2, 0.25) is 5.91 Å². The third kappa shape index (κ3) is 5.49. The molecule has 0 saturated carbocycles. The Kier molecular flexibility index (Phi) is 6.50. The molecular weight excluding hydrogens is 326 g/mol. The molecule has 1 amide bonds. The Morgan fingerprint density at radius 1 is 1.08 bits per heavy atom. The number of likely N-dealkylation sites (N-methyl/N-ethyl adjacent to an activating group) is 1. The molecule has 1 aliphatic rings. The first kappa shape index (κ1) is 18.3. The lowest BCUT2D eigenvalue weighted by Gasteiger charge is -2.18. The Bertz CT molecular complexity index is 682. The maximum absolute atomic E-state index is 12.2. The van der Waals surface area contributed by atoms with Crippen LogP contribution >= 0.6 is 0 Å². The fourth-order valence-corrected chi connectivity index (χ4v) is 3.09. The van der Waals surface area contributed by atoms with E-state index in [0.29, 0.717) is 19.7 Å². The van der Waals surface area contributed by atoms with Gasteiger partial charge in [-0.25, -0.2) is 0 Å². The van der Waals surface area contributed by atoms with Crippen molar-refractivity contribution < 1.29 is 9.53 Å². The van der Waals surface area contributed by atoms with E-state index in [1.165, 1.54) is 18.5 Å².